The minimum atomic E-state index is -0.804. The highest BCUT2D eigenvalue weighted by Crippen LogP contribution is 2.78. The Kier molecular flexibility index (Phi) is 6.51. The SMILES string of the molecule is Cc1ccc(C(=O)C2=C[C@@]34C=C[C@@]25[C@@H]2CC[C@@](O)(CN6CCN(c7ccccn7)CC6)[C@@]2(C)CC[C@@H]5[C@@]3(C)CCC(O)C4)s1. The summed E-state index contributed by atoms with van der Waals surface area (Å²) in [5.74, 6) is 1.73. The molecular weight excluding hydrogens is 566 g/mol. The van der Waals surface area contributed by atoms with Crippen LogP contribution in [0.2, 0.25) is 0 Å². The highest BCUT2D eigenvalue weighted by molar-refractivity contribution is 7.14. The Labute approximate surface area is 265 Å². The summed E-state index contributed by atoms with van der Waals surface area (Å²) in [5, 5.41) is 23.7. The first-order chi connectivity index (χ1) is 21.0. The topological polar surface area (TPSA) is 76.9 Å². The lowest BCUT2D eigenvalue weighted by Crippen LogP contribution is -2.67. The zero-order valence-electron chi connectivity index (χ0n) is 26.5. The quantitative estimate of drug-likeness (QED) is 0.316. The summed E-state index contributed by atoms with van der Waals surface area (Å²) in [4.78, 5) is 25.9. The molecule has 0 amide bonds. The van der Waals surface area contributed by atoms with Crippen molar-refractivity contribution in [2.24, 2.45) is 33.5 Å². The molecule has 2 aromatic heterocycles. The summed E-state index contributed by atoms with van der Waals surface area (Å²) in [5.41, 5.74) is -0.810. The zero-order valence-corrected chi connectivity index (χ0v) is 27.3. The van der Waals surface area contributed by atoms with Gasteiger partial charge in [-0.1, -0.05) is 38.1 Å². The molecule has 2 spiro atoms. The van der Waals surface area contributed by atoms with E-state index in [-0.39, 0.29) is 39.5 Å². The summed E-state index contributed by atoms with van der Waals surface area (Å²) < 4.78 is 0. The number of rotatable bonds is 5. The van der Waals surface area contributed by atoms with Gasteiger partial charge in [-0.05, 0) is 93.4 Å². The number of pyridine rings is 1. The Bertz CT molecular complexity index is 1530. The molecule has 2 N–H and O–H groups in total. The van der Waals surface area contributed by atoms with Crippen LogP contribution >= 0.6 is 11.3 Å². The highest BCUT2D eigenvalue weighted by Gasteiger charge is 2.74. The number of nitrogens with zero attached hydrogens (tertiary/aromatic N) is 3. The number of aryl methyl sites for hydroxylation is 1. The number of hydrogen-bond donors (Lipinski definition) is 2. The Balaban J connectivity index is 1.14. The van der Waals surface area contributed by atoms with Crippen LogP contribution in [0.5, 0.6) is 0 Å². The standard InChI is InChI=1S/C37H47N3O3S/c1-25-7-8-28(44-25)32(42)27-23-35-15-16-37(27)29(33(35,2)12-9-26(41)22-35)10-13-34(3)30(37)11-14-36(34,43)24-39-18-20-40(21-19-39)31-6-4-5-17-38-31/h4-8,15-17,23,26,29-30,41,43H,9-14,18-22,24H2,1-3H3/t26?,29-,30-,33-,34+,35+,36-,37-/m1/s1. The van der Waals surface area contributed by atoms with Gasteiger partial charge < -0.3 is 15.1 Å². The number of carbonyl (C=O) groups is 1. The molecule has 1 aliphatic heterocycles. The Morgan fingerprint density at radius 3 is 2.45 bits per heavy atom. The molecule has 3 saturated carbocycles. The van der Waals surface area contributed by atoms with Crippen LogP contribution < -0.4 is 4.90 Å². The summed E-state index contributed by atoms with van der Waals surface area (Å²) >= 11 is 1.60. The second kappa shape index (κ2) is 9.84. The predicted molar refractivity (Wildman–Crippen MR) is 175 cm³/mol. The van der Waals surface area contributed by atoms with Crippen molar-refractivity contribution in [1.29, 1.82) is 0 Å². The lowest BCUT2D eigenvalue weighted by atomic mass is 9.32. The normalized spacial score (nSPS) is 42.9. The van der Waals surface area contributed by atoms with E-state index >= 15 is 0 Å². The van der Waals surface area contributed by atoms with Crippen LogP contribution in [0.15, 0.2) is 60.3 Å². The second-order valence-electron chi connectivity index (χ2n) is 15.5. The summed E-state index contributed by atoms with van der Waals surface area (Å²) in [6.07, 6.45) is 14.9. The van der Waals surface area contributed by atoms with Crippen LogP contribution in [-0.4, -0.2) is 70.3 Å². The van der Waals surface area contributed by atoms with Crippen molar-refractivity contribution in [3.8, 4) is 0 Å². The average Bonchev–Trinajstić information content (AvgIpc) is 3.57. The van der Waals surface area contributed by atoms with Crippen LogP contribution in [0.3, 0.4) is 0 Å². The smallest absolute Gasteiger partial charge is 0.199 e. The predicted octanol–water partition coefficient (Wildman–Crippen LogP) is 6.05. The number of β-amino-alcohol motifs (C(OH)–C–C–N with tert-alkyl or cyclic N) is 1. The van der Waals surface area contributed by atoms with Gasteiger partial charge in [0, 0.05) is 65.6 Å². The third kappa shape index (κ3) is 3.82. The van der Waals surface area contributed by atoms with Gasteiger partial charge in [0.15, 0.2) is 5.78 Å². The van der Waals surface area contributed by atoms with Gasteiger partial charge in [0.25, 0.3) is 0 Å². The van der Waals surface area contributed by atoms with Crippen LogP contribution in [0.25, 0.3) is 0 Å². The van der Waals surface area contributed by atoms with Gasteiger partial charge in [-0.3, -0.25) is 9.69 Å². The Morgan fingerprint density at radius 1 is 0.977 bits per heavy atom. The first-order valence-electron chi connectivity index (χ1n) is 16.9. The number of ketones is 1. The number of allylic oxidation sites excluding steroid dienone is 4. The van der Waals surface area contributed by atoms with E-state index in [1.54, 1.807) is 11.3 Å². The van der Waals surface area contributed by atoms with Crippen molar-refractivity contribution >= 4 is 22.9 Å². The van der Waals surface area contributed by atoms with Gasteiger partial charge >= 0.3 is 0 Å². The van der Waals surface area contributed by atoms with E-state index in [0.717, 1.165) is 85.8 Å². The zero-order chi connectivity index (χ0) is 30.5. The third-order valence-corrected chi connectivity index (χ3v) is 14.8. The molecular formula is C37H47N3O3S. The number of thiophene rings is 1. The molecule has 7 aliphatic rings. The van der Waals surface area contributed by atoms with Crippen molar-refractivity contribution in [3.05, 3.63) is 70.1 Å². The monoisotopic (exact) mass is 613 g/mol. The average molecular weight is 614 g/mol. The molecule has 6 aliphatic carbocycles. The molecule has 1 saturated heterocycles. The van der Waals surface area contributed by atoms with Crippen LogP contribution in [0, 0.1) is 40.4 Å². The molecule has 2 aromatic rings. The first-order valence-corrected chi connectivity index (χ1v) is 17.7. The Hall–Kier alpha value is -2.32. The molecule has 0 radical (unpaired) electrons. The molecule has 234 valence electrons. The van der Waals surface area contributed by atoms with Gasteiger partial charge in [0.2, 0.25) is 0 Å². The number of aromatic nitrogens is 1. The minimum absolute atomic E-state index is 0.0000353. The molecule has 2 bridgehead atoms. The molecule has 3 heterocycles. The third-order valence-electron chi connectivity index (χ3n) is 13.8. The summed E-state index contributed by atoms with van der Waals surface area (Å²) in [6, 6.07) is 10.2. The lowest BCUT2D eigenvalue weighted by molar-refractivity contribution is -0.176. The molecule has 4 fully saturated rings. The van der Waals surface area contributed by atoms with Crippen molar-refractivity contribution in [2.75, 3.05) is 37.6 Å². The number of aliphatic hydroxyl groups excluding tert-OH is 1. The van der Waals surface area contributed by atoms with Gasteiger partial charge in [-0.15, -0.1) is 11.3 Å². The maximum Gasteiger partial charge on any atom is 0.199 e. The van der Waals surface area contributed by atoms with E-state index in [9.17, 15) is 15.0 Å². The van der Waals surface area contributed by atoms with Gasteiger partial charge in [-0.25, -0.2) is 4.98 Å². The fourth-order valence-electron chi connectivity index (χ4n) is 11.3. The van der Waals surface area contributed by atoms with E-state index in [1.165, 1.54) is 0 Å². The van der Waals surface area contributed by atoms with E-state index in [1.807, 2.05) is 24.4 Å². The summed E-state index contributed by atoms with van der Waals surface area (Å²) in [6.45, 7) is 11.2. The molecule has 7 heteroatoms. The maximum atomic E-state index is 14.6. The minimum Gasteiger partial charge on any atom is -0.393 e. The van der Waals surface area contributed by atoms with E-state index in [0.29, 0.717) is 18.9 Å². The molecule has 0 aromatic carbocycles. The number of piperazine rings is 1. The van der Waals surface area contributed by atoms with E-state index in [2.05, 4.69) is 65.9 Å². The number of carbonyl (C=O) groups excluding carboxylic acids is 1. The van der Waals surface area contributed by atoms with Gasteiger partial charge in [0.05, 0.1) is 16.6 Å². The molecule has 9 rings (SSSR count). The van der Waals surface area contributed by atoms with Crippen LogP contribution in [0.4, 0.5) is 5.82 Å². The molecule has 6 nitrogen and oxygen atoms in total. The van der Waals surface area contributed by atoms with Crippen molar-refractivity contribution in [3.63, 3.8) is 0 Å². The van der Waals surface area contributed by atoms with E-state index < -0.39 is 5.60 Å². The van der Waals surface area contributed by atoms with Gasteiger partial charge in [-0.2, -0.15) is 0 Å². The lowest BCUT2D eigenvalue weighted by Gasteiger charge is -2.71. The molecule has 1 unspecified atom stereocenters. The number of aliphatic hydroxyl groups is 2. The van der Waals surface area contributed by atoms with Crippen LogP contribution in [0.1, 0.15) is 73.3 Å². The van der Waals surface area contributed by atoms with Crippen molar-refractivity contribution in [1.82, 2.24) is 9.88 Å². The number of Topliss-reactive ketones (excluding diaryl/α,β-unsaturated/α-hetero) is 1. The van der Waals surface area contributed by atoms with Gasteiger partial charge in [0.1, 0.15) is 5.82 Å². The highest BCUT2D eigenvalue weighted by atomic mass is 32.1. The first kappa shape index (κ1) is 29.1. The Morgan fingerprint density at radius 2 is 1.73 bits per heavy atom. The number of anilines is 1. The van der Waals surface area contributed by atoms with Crippen molar-refractivity contribution < 1.29 is 15.0 Å². The molecule has 44 heavy (non-hydrogen) atoms. The fourth-order valence-corrected chi connectivity index (χ4v) is 12.2. The molecule has 8 atom stereocenters. The summed E-state index contributed by atoms with van der Waals surface area (Å²) in [7, 11) is 0. The van der Waals surface area contributed by atoms with Crippen LogP contribution in [-0.2, 0) is 0 Å². The van der Waals surface area contributed by atoms with E-state index in [4.69, 9.17) is 0 Å². The van der Waals surface area contributed by atoms with Crippen molar-refractivity contribution in [2.45, 2.75) is 77.4 Å². The number of fused-ring (bicyclic) bond motifs is 1. The largest absolute Gasteiger partial charge is 0.393 e. The second-order valence-corrected chi connectivity index (χ2v) is 16.8. The number of hydrogen-bond acceptors (Lipinski definition) is 7. The fraction of sp³-hybridized carbons (Fsp3) is 0.622. The maximum absolute atomic E-state index is 14.6.